The summed E-state index contributed by atoms with van der Waals surface area (Å²) in [6, 6.07) is 0.104. The first kappa shape index (κ1) is 20.6. The van der Waals surface area contributed by atoms with Crippen molar-refractivity contribution >= 4 is 18.5 Å². The summed E-state index contributed by atoms with van der Waals surface area (Å²) in [5.74, 6) is 1.24. The van der Waals surface area contributed by atoms with Gasteiger partial charge >= 0.3 is 0 Å². The van der Waals surface area contributed by atoms with E-state index in [0.717, 1.165) is 24.8 Å². The molecule has 0 bridgehead atoms. The van der Waals surface area contributed by atoms with Gasteiger partial charge in [-0.3, -0.25) is 4.99 Å². The van der Waals surface area contributed by atoms with Crippen molar-refractivity contribution in [1.29, 1.82) is 0 Å². The first-order chi connectivity index (χ1) is 12.1. The number of aliphatic imine (C=N–C) groups is 1. The van der Waals surface area contributed by atoms with Crippen LogP contribution in [0, 0.1) is 0 Å². The molecule has 1 rings (SSSR count). The molecule has 0 radical (unpaired) electrons. The molecule has 0 aliphatic carbocycles. The molecule has 7 nitrogen and oxygen atoms in total. The Bertz CT molecular complexity index is 587. The molecule has 0 aromatic carbocycles. The Kier molecular flexibility index (Phi) is 9.92. The number of nitrogens with zero attached hydrogens (tertiary/aromatic N) is 3. The van der Waals surface area contributed by atoms with E-state index in [4.69, 9.17) is 10.5 Å². The quantitative estimate of drug-likeness (QED) is 0.396. The molecule has 4 N–H and O–H groups in total. The van der Waals surface area contributed by atoms with Crippen LogP contribution in [0.5, 0.6) is 5.75 Å². The van der Waals surface area contributed by atoms with Gasteiger partial charge in [0.15, 0.2) is 11.6 Å². The number of aliphatic hydroxyl groups excluding tert-OH is 1. The fourth-order valence-electron chi connectivity index (χ4n) is 2.22. The molecular weight excluding hydrogens is 318 g/mol. The summed E-state index contributed by atoms with van der Waals surface area (Å²) >= 11 is 0. The Morgan fingerprint density at radius 2 is 2.32 bits per heavy atom. The lowest BCUT2D eigenvalue weighted by Gasteiger charge is -2.20. The van der Waals surface area contributed by atoms with E-state index in [1.165, 1.54) is 0 Å². The van der Waals surface area contributed by atoms with Crippen LogP contribution >= 0.6 is 0 Å². The molecule has 0 aliphatic rings. The molecule has 1 aromatic heterocycles. The first-order valence-corrected chi connectivity index (χ1v) is 8.54. The molecule has 0 spiro atoms. The molecule has 0 unspecified atom stereocenters. The minimum Gasteiger partial charge on any atom is -0.483 e. The van der Waals surface area contributed by atoms with Crippen molar-refractivity contribution in [3.05, 3.63) is 30.1 Å². The lowest BCUT2D eigenvalue weighted by molar-refractivity contribution is 0.275. The third-order valence-corrected chi connectivity index (χ3v) is 3.66. The topological polar surface area (TPSA) is 106 Å². The molecule has 0 saturated carbocycles. The average molecular weight is 347 g/mol. The van der Waals surface area contributed by atoms with Gasteiger partial charge in [0.1, 0.15) is 6.61 Å². The van der Waals surface area contributed by atoms with Crippen molar-refractivity contribution < 1.29 is 9.84 Å². The lowest BCUT2D eigenvalue weighted by Crippen LogP contribution is -2.22. The Balaban J connectivity index is 2.86. The van der Waals surface area contributed by atoms with Crippen LogP contribution in [0.3, 0.4) is 0 Å². The van der Waals surface area contributed by atoms with Crippen LogP contribution in [-0.2, 0) is 0 Å². The number of anilines is 2. The number of hydrogen-bond donors (Lipinski definition) is 3. The zero-order chi connectivity index (χ0) is 18.5. The molecule has 138 valence electrons. The Labute approximate surface area is 149 Å². The van der Waals surface area contributed by atoms with E-state index in [-0.39, 0.29) is 18.6 Å². The van der Waals surface area contributed by atoms with Crippen molar-refractivity contribution in [3.63, 3.8) is 0 Å². The van der Waals surface area contributed by atoms with E-state index in [1.807, 2.05) is 19.1 Å². The number of hydrogen-bond acceptors (Lipinski definition) is 7. The zero-order valence-electron chi connectivity index (χ0n) is 15.1. The van der Waals surface area contributed by atoms with Crippen LogP contribution < -0.4 is 15.8 Å². The Morgan fingerprint density at radius 3 is 2.96 bits per heavy atom. The second-order valence-electron chi connectivity index (χ2n) is 5.59. The van der Waals surface area contributed by atoms with Crippen LogP contribution in [0.1, 0.15) is 39.5 Å². The fraction of sp³-hybridized carbons (Fsp3) is 0.500. The van der Waals surface area contributed by atoms with Crippen LogP contribution in [0.4, 0.5) is 11.8 Å². The van der Waals surface area contributed by atoms with Crippen molar-refractivity contribution in [2.24, 2.45) is 4.99 Å². The van der Waals surface area contributed by atoms with E-state index in [0.29, 0.717) is 24.6 Å². The normalized spacial score (nSPS) is 13.0. The van der Waals surface area contributed by atoms with Gasteiger partial charge < -0.3 is 20.9 Å². The third-order valence-electron chi connectivity index (χ3n) is 3.66. The van der Waals surface area contributed by atoms with Gasteiger partial charge in [0, 0.05) is 18.8 Å². The Hall–Kier alpha value is -2.41. The number of rotatable bonds is 12. The van der Waals surface area contributed by atoms with E-state index in [2.05, 4.69) is 33.9 Å². The van der Waals surface area contributed by atoms with E-state index < -0.39 is 0 Å². The number of ether oxygens (including phenoxy) is 1. The highest BCUT2D eigenvalue weighted by atomic mass is 16.5. The monoisotopic (exact) mass is 347 g/mol. The van der Waals surface area contributed by atoms with Crippen LogP contribution in [0.25, 0.3) is 0 Å². The first-order valence-electron chi connectivity index (χ1n) is 8.54. The molecule has 1 atom stereocenters. The summed E-state index contributed by atoms with van der Waals surface area (Å²) in [4.78, 5) is 12.0. The number of aromatic nitrogens is 2. The lowest BCUT2D eigenvalue weighted by atomic mass is 10.1. The van der Waals surface area contributed by atoms with Gasteiger partial charge in [-0.25, -0.2) is 4.98 Å². The molecule has 1 aromatic rings. The third kappa shape index (κ3) is 7.80. The summed E-state index contributed by atoms with van der Waals surface area (Å²) in [5.41, 5.74) is 6.67. The highest BCUT2D eigenvalue weighted by molar-refractivity contribution is 5.52. The van der Waals surface area contributed by atoms with Crippen molar-refractivity contribution in [2.45, 2.75) is 45.6 Å². The van der Waals surface area contributed by atoms with E-state index >= 15 is 0 Å². The van der Waals surface area contributed by atoms with Crippen LogP contribution in [0.15, 0.2) is 35.1 Å². The highest BCUT2D eigenvalue weighted by Crippen LogP contribution is 2.24. The minimum atomic E-state index is 0.104. The van der Waals surface area contributed by atoms with Gasteiger partial charge in [0.25, 0.3) is 0 Å². The summed E-state index contributed by atoms with van der Waals surface area (Å²) in [7, 11) is 0. The van der Waals surface area contributed by atoms with Gasteiger partial charge in [-0.1, -0.05) is 25.8 Å². The summed E-state index contributed by atoms with van der Waals surface area (Å²) in [6.45, 7) is 7.94. The number of unbranched alkanes of at least 4 members (excludes halogenated alkanes) is 1. The molecule has 25 heavy (non-hydrogen) atoms. The van der Waals surface area contributed by atoms with E-state index in [1.54, 1.807) is 12.4 Å². The maximum Gasteiger partial charge on any atom is 0.222 e. The predicted octanol–water partition coefficient (Wildman–Crippen LogP) is 2.95. The van der Waals surface area contributed by atoms with Crippen molar-refractivity contribution in [3.8, 4) is 5.75 Å². The SMILES string of the molecule is C=N/C=C\C(=C/C)COc1cnc(N)nc1N[C@H](CCO)CCCC. The molecule has 0 aliphatic heterocycles. The highest BCUT2D eigenvalue weighted by Gasteiger charge is 2.14. The van der Waals surface area contributed by atoms with Gasteiger partial charge in [-0.15, -0.1) is 0 Å². The summed E-state index contributed by atoms with van der Waals surface area (Å²) < 4.78 is 5.84. The molecule has 0 amide bonds. The van der Waals surface area contributed by atoms with Gasteiger partial charge in [0.2, 0.25) is 5.95 Å². The molecule has 7 heteroatoms. The standard InChI is InChI=1S/C18H29N5O2/c1-4-6-7-15(9-11-24)22-17-16(12-21-18(19)23-17)25-13-14(5-2)8-10-20-3/h5,8,10,12,15,24H,3-4,6-7,9,11,13H2,1-2H3,(H3,19,21,22,23)/b10-8-,14-5+/t15-/m0/s1. The largest absolute Gasteiger partial charge is 0.483 e. The number of nitrogen functional groups attached to an aromatic ring is 1. The Morgan fingerprint density at radius 1 is 1.52 bits per heavy atom. The number of aliphatic hydroxyl groups is 1. The maximum absolute atomic E-state index is 9.27. The van der Waals surface area contributed by atoms with E-state index in [9.17, 15) is 5.11 Å². The number of nitrogens with one attached hydrogen (secondary N) is 1. The van der Waals surface area contributed by atoms with Crippen molar-refractivity contribution in [2.75, 3.05) is 24.3 Å². The maximum atomic E-state index is 9.27. The molecule has 0 saturated heterocycles. The summed E-state index contributed by atoms with van der Waals surface area (Å²) in [5, 5.41) is 12.6. The van der Waals surface area contributed by atoms with Gasteiger partial charge in [0.05, 0.1) is 6.20 Å². The van der Waals surface area contributed by atoms with Gasteiger partial charge in [-0.05, 0) is 38.1 Å². The smallest absolute Gasteiger partial charge is 0.222 e. The predicted molar refractivity (Wildman–Crippen MR) is 103 cm³/mol. The molecule has 1 heterocycles. The zero-order valence-corrected chi connectivity index (χ0v) is 15.1. The minimum absolute atomic E-state index is 0.104. The van der Waals surface area contributed by atoms with Crippen molar-refractivity contribution in [1.82, 2.24) is 9.97 Å². The molecule has 0 fully saturated rings. The second kappa shape index (κ2) is 12.0. The fourth-order valence-corrected chi connectivity index (χ4v) is 2.22. The van der Waals surface area contributed by atoms with Crippen LogP contribution in [-0.4, -0.2) is 41.0 Å². The second-order valence-corrected chi connectivity index (χ2v) is 5.59. The average Bonchev–Trinajstić information content (AvgIpc) is 2.61. The number of nitrogens with two attached hydrogens (primary N) is 1. The number of allylic oxidation sites excluding steroid dienone is 1. The van der Waals surface area contributed by atoms with Crippen LogP contribution in [0.2, 0.25) is 0 Å². The summed E-state index contributed by atoms with van der Waals surface area (Å²) in [6.07, 6.45) is 10.7. The van der Waals surface area contributed by atoms with Gasteiger partial charge in [-0.2, -0.15) is 4.98 Å². The molecular formula is C18H29N5O2.